The van der Waals surface area contributed by atoms with E-state index in [1.807, 2.05) is 6.92 Å². The highest BCUT2D eigenvalue weighted by molar-refractivity contribution is 5.80. The normalized spacial score (nSPS) is 35.1. The van der Waals surface area contributed by atoms with Crippen molar-refractivity contribution >= 4 is 5.91 Å². The Balaban J connectivity index is 1.63. The maximum atomic E-state index is 12.8. The quantitative estimate of drug-likeness (QED) is 0.825. The van der Waals surface area contributed by atoms with Crippen LogP contribution in [0.4, 0.5) is 0 Å². The van der Waals surface area contributed by atoms with Gasteiger partial charge in [-0.3, -0.25) is 9.69 Å². The molecule has 0 aromatic heterocycles. The third kappa shape index (κ3) is 3.72. The van der Waals surface area contributed by atoms with Crippen molar-refractivity contribution in [2.45, 2.75) is 69.4 Å². The van der Waals surface area contributed by atoms with E-state index in [1.54, 1.807) is 0 Å². The molecule has 23 heavy (non-hydrogen) atoms. The van der Waals surface area contributed by atoms with Gasteiger partial charge in [-0.1, -0.05) is 12.8 Å². The van der Waals surface area contributed by atoms with Gasteiger partial charge in [0.05, 0.1) is 5.92 Å². The summed E-state index contributed by atoms with van der Waals surface area (Å²) in [6.45, 7) is 6.74. The molecule has 1 amide bonds. The van der Waals surface area contributed by atoms with Gasteiger partial charge in [0, 0.05) is 30.8 Å². The summed E-state index contributed by atoms with van der Waals surface area (Å²) in [5.41, 5.74) is 6.15. The lowest BCUT2D eigenvalue weighted by atomic mass is 9.74. The zero-order valence-corrected chi connectivity index (χ0v) is 14.6. The van der Waals surface area contributed by atoms with Crippen molar-refractivity contribution in [3.63, 3.8) is 0 Å². The fourth-order valence-corrected chi connectivity index (χ4v) is 4.71. The number of amides is 1. The Kier molecular flexibility index (Phi) is 5.29. The molecule has 3 aliphatic rings. The Morgan fingerprint density at radius 2 is 1.87 bits per heavy atom. The minimum Gasteiger partial charge on any atom is -0.381 e. The van der Waals surface area contributed by atoms with E-state index in [0.717, 1.165) is 71.4 Å². The third-order valence-electron chi connectivity index (χ3n) is 6.36. The maximum Gasteiger partial charge on any atom is 0.225 e. The zero-order valence-electron chi connectivity index (χ0n) is 14.6. The summed E-state index contributed by atoms with van der Waals surface area (Å²) in [6.07, 6.45) is 8.76. The van der Waals surface area contributed by atoms with Gasteiger partial charge >= 0.3 is 0 Å². The van der Waals surface area contributed by atoms with E-state index < -0.39 is 0 Å². The van der Waals surface area contributed by atoms with E-state index in [2.05, 4.69) is 10.2 Å². The van der Waals surface area contributed by atoms with E-state index in [-0.39, 0.29) is 22.9 Å². The number of nitrogens with one attached hydrogen (secondary N) is 1. The second-order valence-electron chi connectivity index (χ2n) is 8.05. The van der Waals surface area contributed by atoms with E-state index in [1.165, 1.54) is 12.8 Å². The van der Waals surface area contributed by atoms with Crippen molar-refractivity contribution in [2.75, 3.05) is 32.8 Å². The Morgan fingerprint density at radius 1 is 1.17 bits per heavy atom. The molecule has 0 aromatic carbocycles. The molecule has 1 aliphatic carbocycles. The minimum atomic E-state index is -0.348. The molecule has 0 bridgehead atoms. The molecule has 5 heteroatoms. The topological polar surface area (TPSA) is 67.6 Å². The number of carbonyl (C=O) groups excluding carboxylic acids is 1. The first kappa shape index (κ1) is 17.2. The van der Waals surface area contributed by atoms with Crippen LogP contribution in [0, 0.1) is 5.92 Å². The maximum absolute atomic E-state index is 12.8. The average Bonchev–Trinajstić information content (AvgIpc) is 3.08. The average molecular weight is 323 g/mol. The van der Waals surface area contributed by atoms with E-state index in [4.69, 9.17) is 10.5 Å². The molecule has 0 radical (unpaired) electrons. The molecular formula is C18H33N3O2. The smallest absolute Gasteiger partial charge is 0.225 e. The second kappa shape index (κ2) is 7.08. The lowest BCUT2D eigenvalue weighted by Crippen LogP contribution is -2.60. The van der Waals surface area contributed by atoms with Crippen LogP contribution in [0.25, 0.3) is 0 Å². The Morgan fingerprint density at radius 3 is 2.52 bits per heavy atom. The molecule has 3 fully saturated rings. The van der Waals surface area contributed by atoms with Gasteiger partial charge < -0.3 is 15.8 Å². The van der Waals surface area contributed by atoms with Crippen molar-refractivity contribution in [1.29, 1.82) is 0 Å². The number of nitrogens with zero attached hydrogens (tertiary/aromatic N) is 1. The summed E-state index contributed by atoms with van der Waals surface area (Å²) in [4.78, 5) is 15.4. The molecule has 0 spiro atoms. The lowest BCUT2D eigenvalue weighted by molar-refractivity contribution is -0.129. The van der Waals surface area contributed by atoms with Crippen LogP contribution >= 0.6 is 0 Å². The Labute approximate surface area is 140 Å². The molecule has 2 heterocycles. The number of likely N-dealkylation sites (tertiary alicyclic amines) is 1. The molecular weight excluding hydrogens is 290 g/mol. The fraction of sp³-hybridized carbons (Fsp3) is 0.944. The van der Waals surface area contributed by atoms with Gasteiger partial charge in [-0.25, -0.2) is 0 Å². The Hall–Kier alpha value is -0.650. The number of carbonyl (C=O) groups is 1. The zero-order chi connectivity index (χ0) is 16.3. The van der Waals surface area contributed by atoms with Gasteiger partial charge in [0.2, 0.25) is 5.91 Å². The van der Waals surface area contributed by atoms with Gasteiger partial charge in [0.1, 0.15) is 0 Å². The highest BCUT2D eigenvalue weighted by Crippen LogP contribution is 2.33. The first-order valence-electron chi connectivity index (χ1n) is 9.43. The van der Waals surface area contributed by atoms with E-state index in [0.29, 0.717) is 0 Å². The van der Waals surface area contributed by atoms with E-state index in [9.17, 15) is 4.79 Å². The first-order chi connectivity index (χ1) is 11.0. The van der Waals surface area contributed by atoms with Gasteiger partial charge in [-0.2, -0.15) is 0 Å². The van der Waals surface area contributed by atoms with Crippen LogP contribution in [-0.2, 0) is 9.53 Å². The largest absolute Gasteiger partial charge is 0.381 e. The summed E-state index contributed by atoms with van der Waals surface area (Å²) in [6, 6.07) is 0. The summed E-state index contributed by atoms with van der Waals surface area (Å²) in [5, 5.41) is 3.28. The van der Waals surface area contributed by atoms with E-state index >= 15 is 0 Å². The van der Waals surface area contributed by atoms with Crippen LogP contribution < -0.4 is 11.1 Å². The number of rotatable bonds is 4. The van der Waals surface area contributed by atoms with Gasteiger partial charge in [-0.05, 0) is 58.5 Å². The van der Waals surface area contributed by atoms with Crippen molar-refractivity contribution < 1.29 is 9.53 Å². The summed E-state index contributed by atoms with van der Waals surface area (Å²) in [7, 11) is 0. The highest BCUT2D eigenvalue weighted by Gasteiger charge is 2.42. The molecule has 2 atom stereocenters. The summed E-state index contributed by atoms with van der Waals surface area (Å²) < 4.78 is 5.58. The van der Waals surface area contributed by atoms with Gasteiger partial charge in [-0.15, -0.1) is 0 Å². The van der Waals surface area contributed by atoms with Crippen molar-refractivity contribution in [3.05, 3.63) is 0 Å². The first-order valence-corrected chi connectivity index (χ1v) is 9.43. The van der Waals surface area contributed by atoms with Crippen molar-refractivity contribution in [3.8, 4) is 0 Å². The lowest BCUT2D eigenvalue weighted by Gasteiger charge is -2.45. The second-order valence-corrected chi connectivity index (χ2v) is 8.05. The fourth-order valence-electron chi connectivity index (χ4n) is 4.71. The predicted octanol–water partition coefficient (Wildman–Crippen LogP) is 1.66. The van der Waals surface area contributed by atoms with Crippen LogP contribution in [-0.4, -0.2) is 54.7 Å². The molecule has 0 aromatic rings. The van der Waals surface area contributed by atoms with Gasteiger partial charge in [0.15, 0.2) is 0 Å². The van der Waals surface area contributed by atoms with Crippen LogP contribution in [0.3, 0.4) is 0 Å². The standard InChI is InChI=1S/C18H33N3O2/c1-17(19)7-3-2-6-15(17)16(22)20-14-18(8-12-23-13-9-18)21-10-4-5-11-21/h15H,2-14,19H2,1H3,(H,20,22). The summed E-state index contributed by atoms with van der Waals surface area (Å²) in [5.74, 6) is 0.131. The SMILES string of the molecule is CC1(N)CCCCC1C(=O)NCC1(N2CCCC2)CCOCC1. The number of ether oxygens (including phenoxy) is 1. The molecule has 3 rings (SSSR count). The molecule has 132 valence electrons. The number of nitrogens with two attached hydrogens (primary N) is 1. The molecule has 2 saturated heterocycles. The van der Waals surface area contributed by atoms with Crippen LogP contribution in [0.15, 0.2) is 0 Å². The molecule has 5 nitrogen and oxygen atoms in total. The monoisotopic (exact) mass is 323 g/mol. The minimum absolute atomic E-state index is 0.0354. The molecule has 2 aliphatic heterocycles. The number of hydrogen-bond acceptors (Lipinski definition) is 4. The predicted molar refractivity (Wildman–Crippen MR) is 91.2 cm³/mol. The Bertz CT molecular complexity index is 412. The van der Waals surface area contributed by atoms with Crippen LogP contribution in [0.5, 0.6) is 0 Å². The molecule has 2 unspecified atom stereocenters. The number of hydrogen-bond donors (Lipinski definition) is 2. The van der Waals surface area contributed by atoms with Crippen molar-refractivity contribution in [1.82, 2.24) is 10.2 Å². The summed E-state index contributed by atoms with van der Waals surface area (Å²) >= 11 is 0. The molecule has 1 saturated carbocycles. The van der Waals surface area contributed by atoms with Gasteiger partial charge in [0.25, 0.3) is 0 Å². The third-order valence-corrected chi connectivity index (χ3v) is 6.36. The highest BCUT2D eigenvalue weighted by atomic mass is 16.5. The van der Waals surface area contributed by atoms with Crippen LogP contribution in [0.1, 0.15) is 58.3 Å². The van der Waals surface area contributed by atoms with Crippen LogP contribution in [0.2, 0.25) is 0 Å². The van der Waals surface area contributed by atoms with Crippen molar-refractivity contribution in [2.24, 2.45) is 11.7 Å². The molecule has 3 N–H and O–H groups in total.